The fraction of sp³-hybridized carbons (Fsp3) is 0.176. The van der Waals surface area contributed by atoms with Crippen LogP contribution in [0.25, 0.3) is 0 Å². The lowest BCUT2D eigenvalue weighted by molar-refractivity contribution is -0.118. The van der Waals surface area contributed by atoms with Crippen LogP contribution in [-0.2, 0) is 11.2 Å². The van der Waals surface area contributed by atoms with E-state index < -0.39 is 0 Å². The molecule has 3 rings (SSSR count). The maximum absolute atomic E-state index is 12.9. The minimum atomic E-state index is -0.334. The second kappa shape index (κ2) is 5.89. The molecule has 0 aliphatic carbocycles. The van der Waals surface area contributed by atoms with Gasteiger partial charge in [0, 0.05) is 23.6 Å². The summed E-state index contributed by atoms with van der Waals surface area (Å²) in [7, 11) is 0. The smallest absolute Gasteiger partial charge is 0.231 e. The quantitative estimate of drug-likeness (QED) is 0.848. The Labute approximate surface area is 132 Å². The Hall–Kier alpha value is -2.20. The summed E-state index contributed by atoms with van der Waals surface area (Å²) in [5.74, 6) is -0.467. The molecule has 1 heterocycles. The molecule has 0 fully saturated rings. The van der Waals surface area contributed by atoms with Crippen molar-refractivity contribution in [2.24, 2.45) is 0 Å². The van der Waals surface area contributed by atoms with Crippen molar-refractivity contribution in [2.45, 2.75) is 12.8 Å². The van der Waals surface area contributed by atoms with Gasteiger partial charge in [-0.2, -0.15) is 0 Å². The van der Waals surface area contributed by atoms with Crippen LogP contribution in [0.2, 0.25) is 5.02 Å². The maximum atomic E-state index is 12.9. The number of hydrogen-bond acceptors (Lipinski definition) is 2. The van der Waals surface area contributed by atoms with Gasteiger partial charge < -0.3 is 4.90 Å². The maximum Gasteiger partial charge on any atom is 0.231 e. The molecule has 0 spiro atoms. The molecule has 0 aromatic heterocycles. The van der Waals surface area contributed by atoms with Crippen molar-refractivity contribution in [3.05, 3.63) is 64.4 Å². The molecule has 1 aliphatic heterocycles. The number of hydrogen-bond donors (Lipinski definition) is 0. The Morgan fingerprint density at radius 2 is 1.91 bits per heavy atom. The molecule has 0 bridgehead atoms. The lowest BCUT2D eigenvalue weighted by atomic mass is 9.99. The van der Waals surface area contributed by atoms with Crippen molar-refractivity contribution < 1.29 is 14.0 Å². The van der Waals surface area contributed by atoms with Crippen molar-refractivity contribution in [1.82, 2.24) is 0 Å². The number of fused-ring (bicyclic) bond motifs is 1. The number of anilines is 1. The highest BCUT2D eigenvalue weighted by Crippen LogP contribution is 2.30. The summed E-state index contributed by atoms with van der Waals surface area (Å²) in [4.78, 5) is 26.1. The largest absolute Gasteiger partial charge is 0.311 e. The van der Waals surface area contributed by atoms with E-state index in [1.54, 1.807) is 35.2 Å². The molecule has 5 heteroatoms. The van der Waals surface area contributed by atoms with Crippen molar-refractivity contribution in [3.63, 3.8) is 0 Å². The summed E-state index contributed by atoms with van der Waals surface area (Å²) in [6.45, 7) is 0.355. The van der Waals surface area contributed by atoms with Crippen molar-refractivity contribution >= 4 is 29.0 Å². The van der Waals surface area contributed by atoms with Gasteiger partial charge in [0.2, 0.25) is 5.91 Å². The summed E-state index contributed by atoms with van der Waals surface area (Å²) < 4.78 is 12.9. The Balaban J connectivity index is 1.86. The SMILES string of the molecule is O=C1CCN(C(=O)Cc2ccc(F)cc2)c2ccc(Cl)cc21. The molecule has 0 unspecified atom stereocenters. The average molecular weight is 318 g/mol. The van der Waals surface area contributed by atoms with E-state index in [4.69, 9.17) is 11.6 Å². The fourth-order valence-electron chi connectivity index (χ4n) is 2.57. The van der Waals surface area contributed by atoms with Crippen molar-refractivity contribution in [3.8, 4) is 0 Å². The molecule has 112 valence electrons. The molecule has 2 aromatic carbocycles. The molecule has 22 heavy (non-hydrogen) atoms. The summed E-state index contributed by atoms with van der Waals surface area (Å²) in [6, 6.07) is 10.8. The zero-order valence-corrected chi connectivity index (χ0v) is 12.4. The van der Waals surface area contributed by atoms with Gasteiger partial charge in [0.25, 0.3) is 0 Å². The number of nitrogens with zero attached hydrogens (tertiary/aromatic N) is 1. The van der Waals surface area contributed by atoms with Gasteiger partial charge in [-0.25, -0.2) is 4.39 Å². The summed E-state index contributed by atoms with van der Waals surface area (Å²) in [5, 5.41) is 0.472. The minimum absolute atomic E-state index is 0.0108. The van der Waals surface area contributed by atoms with Gasteiger partial charge >= 0.3 is 0 Å². The van der Waals surface area contributed by atoms with E-state index in [0.717, 1.165) is 5.56 Å². The molecule has 0 saturated heterocycles. The van der Waals surface area contributed by atoms with Gasteiger partial charge in [-0.3, -0.25) is 9.59 Å². The minimum Gasteiger partial charge on any atom is -0.311 e. The third-order valence-corrected chi connectivity index (χ3v) is 3.92. The number of amides is 1. The van der Waals surface area contributed by atoms with E-state index in [2.05, 4.69) is 0 Å². The van der Waals surface area contributed by atoms with Crippen LogP contribution in [0.3, 0.4) is 0 Å². The zero-order chi connectivity index (χ0) is 15.7. The number of carbonyl (C=O) groups excluding carboxylic acids is 2. The molecule has 0 atom stereocenters. The first kappa shape index (κ1) is 14.7. The van der Waals surface area contributed by atoms with Crippen LogP contribution in [-0.4, -0.2) is 18.2 Å². The second-order valence-electron chi connectivity index (χ2n) is 5.18. The fourth-order valence-corrected chi connectivity index (χ4v) is 2.74. The first-order chi connectivity index (χ1) is 10.5. The van der Waals surface area contributed by atoms with E-state index in [-0.39, 0.29) is 30.3 Å². The predicted octanol–water partition coefficient (Wildman–Crippen LogP) is 3.64. The first-order valence-electron chi connectivity index (χ1n) is 6.92. The number of ketones is 1. The molecule has 3 nitrogen and oxygen atoms in total. The van der Waals surface area contributed by atoms with E-state index in [1.807, 2.05) is 0 Å². The first-order valence-corrected chi connectivity index (χ1v) is 7.30. The van der Waals surface area contributed by atoms with E-state index >= 15 is 0 Å². The molecule has 1 aliphatic rings. The Bertz CT molecular complexity index is 743. The summed E-state index contributed by atoms with van der Waals surface area (Å²) in [6.07, 6.45) is 0.443. The lowest BCUT2D eigenvalue weighted by Gasteiger charge is -2.29. The lowest BCUT2D eigenvalue weighted by Crippen LogP contribution is -2.38. The highest BCUT2D eigenvalue weighted by Gasteiger charge is 2.27. The Kier molecular flexibility index (Phi) is 3.94. The van der Waals surface area contributed by atoms with Gasteiger partial charge in [-0.1, -0.05) is 23.7 Å². The van der Waals surface area contributed by atoms with E-state index in [0.29, 0.717) is 22.8 Å². The Morgan fingerprint density at radius 1 is 1.18 bits per heavy atom. The predicted molar refractivity (Wildman–Crippen MR) is 82.9 cm³/mol. The molecule has 0 radical (unpaired) electrons. The molecule has 2 aromatic rings. The van der Waals surface area contributed by atoms with Crippen LogP contribution < -0.4 is 4.90 Å². The average Bonchev–Trinajstić information content (AvgIpc) is 2.50. The number of Topliss-reactive ketones (excluding diaryl/α,β-unsaturated/α-hetero) is 1. The van der Waals surface area contributed by atoms with Crippen LogP contribution in [0.4, 0.5) is 10.1 Å². The molecular weight excluding hydrogens is 305 g/mol. The van der Waals surface area contributed by atoms with Gasteiger partial charge in [0.1, 0.15) is 5.82 Å². The highest BCUT2D eigenvalue weighted by atomic mass is 35.5. The van der Waals surface area contributed by atoms with Crippen molar-refractivity contribution in [1.29, 1.82) is 0 Å². The normalized spacial score (nSPS) is 13.9. The van der Waals surface area contributed by atoms with Crippen LogP contribution in [0, 0.1) is 5.82 Å². The number of benzene rings is 2. The zero-order valence-electron chi connectivity index (χ0n) is 11.7. The molecule has 0 N–H and O–H groups in total. The van der Waals surface area contributed by atoms with E-state index in [9.17, 15) is 14.0 Å². The summed E-state index contributed by atoms with van der Waals surface area (Å²) in [5.41, 5.74) is 1.80. The standard InChI is InChI=1S/C17H13ClFNO2/c18-12-3-6-15-14(10-12)16(21)7-8-20(15)17(22)9-11-1-4-13(19)5-2-11/h1-6,10H,7-9H2. The molecular formula is C17H13ClFNO2. The highest BCUT2D eigenvalue weighted by molar-refractivity contribution is 6.31. The molecule has 0 saturated carbocycles. The van der Waals surface area contributed by atoms with Crippen LogP contribution in [0.1, 0.15) is 22.3 Å². The summed E-state index contributed by atoms with van der Waals surface area (Å²) >= 11 is 5.92. The van der Waals surface area contributed by atoms with Gasteiger partial charge in [0.05, 0.1) is 12.1 Å². The third-order valence-electron chi connectivity index (χ3n) is 3.68. The topological polar surface area (TPSA) is 37.4 Å². The van der Waals surface area contributed by atoms with Gasteiger partial charge in [0.15, 0.2) is 5.78 Å². The van der Waals surface area contributed by atoms with Crippen LogP contribution >= 0.6 is 11.6 Å². The van der Waals surface area contributed by atoms with Crippen molar-refractivity contribution in [2.75, 3.05) is 11.4 Å². The number of rotatable bonds is 2. The third kappa shape index (κ3) is 2.88. The van der Waals surface area contributed by atoms with Crippen LogP contribution in [0.5, 0.6) is 0 Å². The number of carbonyl (C=O) groups is 2. The van der Waals surface area contributed by atoms with Gasteiger partial charge in [-0.15, -0.1) is 0 Å². The molecule has 1 amide bonds. The Morgan fingerprint density at radius 3 is 2.64 bits per heavy atom. The second-order valence-corrected chi connectivity index (χ2v) is 5.62. The van der Waals surface area contributed by atoms with Crippen LogP contribution in [0.15, 0.2) is 42.5 Å². The van der Waals surface area contributed by atoms with E-state index in [1.165, 1.54) is 12.1 Å². The monoisotopic (exact) mass is 317 g/mol. The number of halogens is 2. The van der Waals surface area contributed by atoms with Gasteiger partial charge in [-0.05, 0) is 35.9 Å².